The van der Waals surface area contributed by atoms with Crippen molar-refractivity contribution in [2.75, 3.05) is 0 Å². The summed E-state index contributed by atoms with van der Waals surface area (Å²) in [6.45, 7) is 0. The molecule has 0 bridgehead atoms. The van der Waals surface area contributed by atoms with Crippen molar-refractivity contribution in [2.45, 2.75) is 7.43 Å². The number of hydrogen-bond acceptors (Lipinski definition) is 10. The molecular weight excluding hydrogens is 448 g/mol. The normalized spacial score (nSPS) is 12.5. The third-order valence-corrected chi connectivity index (χ3v) is 5.57. The zero-order chi connectivity index (χ0) is 22.8. The highest BCUT2D eigenvalue weighted by Crippen LogP contribution is 2.34. The second kappa shape index (κ2) is 7.38. The van der Waals surface area contributed by atoms with Crippen LogP contribution in [0.15, 0.2) is 61.2 Å². The molecule has 35 heavy (non-hydrogen) atoms. The molecule has 0 unspecified atom stereocenters. The van der Waals surface area contributed by atoms with Gasteiger partial charge in [-0.2, -0.15) is 9.97 Å². The molecule has 168 valence electrons. The van der Waals surface area contributed by atoms with Crippen LogP contribution < -0.4 is 0 Å². The molecule has 0 spiro atoms. The average molecular weight is 462 g/mol. The largest absolute Gasteiger partial charge is 0.287 e. The third kappa shape index (κ3) is 2.86. The Morgan fingerprint density at radius 3 is 1.60 bits per heavy atom. The van der Waals surface area contributed by atoms with Crippen LogP contribution in [0.3, 0.4) is 0 Å². The fraction of sp³-hybridized carbons (Fsp3) is 0.0435. The molecule has 4 heterocycles. The molecule has 2 aliphatic carbocycles. The maximum atomic E-state index is 12.1. The van der Waals surface area contributed by atoms with Crippen LogP contribution in [0.2, 0.25) is 0 Å². The van der Waals surface area contributed by atoms with Gasteiger partial charge in [-0.05, 0) is 0 Å². The second-order valence-electron chi connectivity index (χ2n) is 7.47. The van der Waals surface area contributed by atoms with Crippen molar-refractivity contribution in [1.29, 1.82) is 0 Å². The van der Waals surface area contributed by atoms with Gasteiger partial charge in [0.25, 0.3) is 11.6 Å². The van der Waals surface area contributed by atoms with Gasteiger partial charge in [0.2, 0.25) is 11.6 Å². The van der Waals surface area contributed by atoms with Gasteiger partial charge in [-0.25, -0.2) is 9.97 Å². The maximum Gasteiger partial charge on any atom is 0.271 e. The molecule has 4 aromatic heterocycles. The third-order valence-electron chi connectivity index (χ3n) is 5.57. The minimum Gasteiger partial charge on any atom is -0.287 e. The molecule has 0 amide bonds. The average Bonchev–Trinajstić information content (AvgIpc) is 3.64. The van der Waals surface area contributed by atoms with Gasteiger partial charge < -0.3 is 0 Å². The monoisotopic (exact) mass is 462 g/mol. The number of fused-ring (bicyclic) bond motifs is 8. The molecule has 0 N–H and O–H groups in total. The van der Waals surface area contributed by atoms with E-state index >= 15 is 0 Å². The highest BCUT2D eigenvalue weighted by molar-refractivity contribution is 6.20. The molecule has 8 rings (SSSR count). The van der Waals surface area contributed by atoms with Crippen molar-refractivity contribution in [3.8, 4) is 22.5 Å². The molecule has 0 fully saturated rings. The first-order chi connectivity index (χ1) is 16.7. The number of aromatic nitrogens is 10. The van der Waals surface area contributed by atoms with E-state index in [9.17, 15) is 9.59 Å². The number of rotatable bonds is 0. The van der Waals surface area contributed by atoms with Crippen LogP contribution in [-0.4, -0.2) is 61.2 Å². The Kier molecular flexibility index (Phi) is 4.29. The Morgan fingerprint density at radius 1 is 0.543 bits per heavy atom. The summed E-state index contributed by atoms with van der Waals surface area (Å²) in [4.78, 5) is 40.6. The van der Waals surface area contributed by atoms with Crippen LogP contribution in [0, 0.1) is 0 Å². The van der Waals surface area contributed by atoms with E-state index in [-0.39, 0.29) is 19.0 Å². The van der Waals surface area contributed by atoms with Gasteiger partial charge in [-0.1, -0.05) is 56.0 Å². The first kappa shape index (κ1) is 20.4. The maximum absolute atomic E-state index is 12.1. The fourth-order valence-corrected chi connectivity index (χ4v) is 4.05. The van der Waals surface area contributed by atoms with Crippen LogP contribution in [0.5, 0.6) is 0 Å². The number of nitrogens with zero attached hydrogens (tertiary/aromatic N) is 10. The lowest BCUT2D eigenvalue weighted by atomic mass is 10.1. The topological polar surface area (TPSA) is 146 Å². The van der Waals surface area contributed by atoms with Crippen LogP contribution in [0.25, 0.3) is 34.1 Å². The van der Waals surface area contributed by atoms with Gasteiger partial charge in [0, 0.05) is 22.3 Å². The van der Waals surface area contributed by atoms with Crippen molar-refractivity contribution in [3.05, 3.63) is 83.7 Å². The van der Waals surface area contributed by atoms with Gasteiger partial charge in [-0.15, -0.1) is 29.7 Å². The molecule has 2 aliphatic rings. The summed E-state index contributed by atoms with van der Waals surface area (Å²) in [6, 6.07) is 14.7. The Labute approximate surface area is 196 Å². The molecule has 0 atom stereocenters. The van der Waals surface area contributed by atoms with Gasteiger partial charge >= 0.3 is 0 Å². The van der Waals surface area contributed by atoms with Gasteiger partial charge in [0.05, 0.1) is 0 Å². The van der Waals surface area contributed by atoms with Gasteiger partial charge in [0.15, 0.2) is 5.69 Å². The van der Waals surface area contributed by atoms with Crippen LogP contribution in [0.4, 0.5) is 0 Å². The van der Waals surface area contributed by atoms with E-state index in [4.69, 9.17) is 0 Å². The quantitative estimate of drug-likeness (QED) is 0.328. The summed E-state index contributed by atoms with van der Waals surface area (Å²) in [5.74, 6) is 0.521. The molecule has 12 nitrogen and oxygen atoms in total. The molecule has 2 aromatic carbocycles. The molecule has 12 heteroatoms. The summed E-state index contributed by atoms with van der Waals surface area (Å²) in [5.41, 5.74) is 4.74. The Balaban J connectivity index is 0.000000127. The predicted molar refractivity (Wildman–Crippen MR) is 122 cm³/mol. The number of carbonyl (C=O) groups is 2. The van der Waals surface area contributed by atoms with Crippen LogP contribution in [0.1, 0.15) is 39.5 Å². The Morgan fingerprint density at radius 2 is 1.00 bits per heavy atom. The second-order valence-corrected chi connectivity index (χ2v) is 7.47. The van der Waals surface area contributed by atoms with Crippen molar-refractivity contribution in [1.82, 2.24) is 49.6 Å². The van der Waals surface area contributed by atoms with E-state index in [0.29, 0.717) is 45.5 Å². The van der Waals surface area contributed by atoms with E-state index < -0.39 is 0 Å². The van der Waals surface area contributed by atoms with Gasteiger partial charge in [-0.3, -0.25) is 9.59 Å². The lowest BCUT2D eigenvalue weighted by Crippen LogP contribution is -2.05. The summed E-state index contributed by atoms with van der Waals surface area (Å²) in [5, 5.41) is 16.2. The number of benzene rings is 2. The number of hydrogen-bond donors (Lipinski definition) is 0. The molecule has 6 aromatic rings. The van der Waals surface area contributed by atoms with Crippen molar-refractivity contribution >= 4 is 23.1 Å². The zero-order valence-corrected chi connectivity index (χ0v) is 17.1. The summed E-state index contributed by atoms with van der Waals surface area (Å²) < 4.78 is 2.59. The SMILES string of the molecule is C.O=C1c2ccccc2-c2nc3ncnn3nc21.O=C1c2ccccc2-c2nn3ncnc3nc21. The zero-order valence-electron chi connectivity index (χ0n) is 17.1. The number of carbonyl (C=O) groups excluding carboxylic acids is 2. The minimum atomic E-state index is -0.111. The molecule has 0 saturated carbocycles. The molecule has 0 radical (unpaired) electrons. The summed E-state index contributed by atoms with van der Waals surface area (Å²) in [6.07, 6.45) is 2.72. The Hall–Kier alpha value is -5.26. The molecular formula is C23H14N10O2. The Bertz CT molecular complexity index is 1690. The smallest absolute Gasteiger partial charge is 0.271 e. The van der Waals surface area contributed by atoms with Crippen molar-refractivity contribution < 1.29 is 9.59 Å². The summed E-state index contributed by atoms with van der Waals surface area (Å²) in [7, 11) is 0. The van der Waals surface area contributed by atoms with E-state index in [0.717, 1.165) is 11.1 Å². The highest BCUT2D eigenvalue weighted by atomic mass is 16.1. The van der Waals surface area contributed by atoms with Crippen LogP contribution in [-0.2, 0) is 0 Å². The first-order valence-corrected chi connectivity index (χ1v) is 10.1. The standard InChI is InChI=1S/2C11H5N5O.CH4/c17-10-7-4-2-1-3-6(7)8-9(10)14-11-12-5-13-16(11)15-8;17-10-7-4-2-1-3-6(7)8-9(10)15-16-11(14-8)12-5-13-16;/h2*1-5H;1H4. The summed E-state index contributed by atoms with van der Waals surface area (Å²) >= 11 is 0. The lowest BCUT2D eigenvalue weighted by molar-refractivity contribution is 0.103. The molecule has 0 aliphatic heterocycles. The van der Waals surface area contributed by atoms with Crippen molar-refractivity contribution in [3.63, 3.8) is 0 Å². The highest BCUT2D eigenvalue weighted by Gasteiger charge is 2.31. The fourth-order valence-electron chi connectivity index (χ4n) is 4.05. The number of ketones is 2. The van der Waals surface area contributed by atoms with E-state index in [1.54, 1.807) is 12.1 Å². The first-order valence-electron chi connectivity index (χ1n) is 10.1. The minimum absolute atomic E-state index is 0. The van der Waals surface area contributed by atoms with E-state index in [1.807, 2.05) is 36.4 Å². The van der Waals surface area contributed by atoms with Gasteiger partial charge in [0.1, 0.15) is 29.7 Å². The van der Waals surface area contributed by atoms with Crippen LogP contribution >= 0.6 is 0 Å². The molecule has 0 saturated heterocycles. The predicted octanol–water partition coefficient (Wildman–Crippen LogP) is 2.10. The van der Waals surface area contributed by atoms with Crippen molar-refractivity contribution in [2.24, 2.45) is 0 Å². The van der Waals surface area contributed by atoms with E-state index in [1.165, 1.54) is 21.9 Å². The van der Waals surface area contributed by atoms with E-state index in [2.05, 4.69) is 40.3 Å². The lowest BCUT2D eigenvalue weighted by Gasteiger charge is -1.97.